The van der Waals surface area contributed by atoms with Crippen molar-refractivity contribution < 1.29 is 4.52 Å². The molecular weight excluding hydrogens is 464 g/mol. The van der Waals surface area contributed by atoms with Crippen molar-refractivity contribution in [3.05, 3.63) is 55.9 Å². The molecule has 0 saturated carbocycles. The molecule has 2 aromatic carbocycles. The minimum Gasteiger partial charge on any atom is -0.380 e. The van der Waals surface area contributed by atoms with E-state index in [9.17, 15) is 0 Å². The molecule has 21 heavy (non-hydrogen) atoms. The predicted octanol–water partition coefficient (Wildman–Crippen LogP) is 5.88. The second-order valence-electron chi connectivity index (χ2n) is 4.40. The third-order valence-electron chi connectivity index (χ3n) is 3.03. The van der Waals surface area contributed by atoms with Crippen molar-refractivity contribution in [2.75, 3.05) is 5.73 Å². The second kappa shape index (κ2) is 5.94. The summed E-state index contributed by atoms with van der Waals surface area (Å²) in [7, 11) is 0. The Balaban J connectivity index is 2.19. The van der Waals surface area contributed by atoms with Crippen LogP contribution in [-0.4, -0.2) is 5.16 Å². The van der Waals surface area contributed by atoms with Crippen LogP contribution in [0.3, 0.4) is 0 Å². The average molecular weight is 473 g/mol. The van der Waals surface area contributed by atoms with E-state index in [2.05, 4.69) is 52.9 Å². The number of benzene rings is 2. The Morgan fingerprint density at radius 3 is 2.24 bits per heavy atom. The molecule has 106 valence electrons. The van der Waals surface area contributed by atoms with Gasteiger partial charge in [-0.1, -0.05) is 49.1 Å². The molecule has 0 spiro atoms. The summed E-state index contributed by atoms with van der Waals surface area (Å²) in [5, 5.41) is 3.91. The molecule has 0 saturated heterocycles. The molecule has 1 heterocycles. The molecule has 0 fully saturated rings. The van der Waals surface area contributed by atoms with Crippen LogP contribution >= 0.6 is 47.8 Å². The molecule has 0 atom stereocenters. The molecule has 0 aliphatic rings. The first kappa shape index (κ1) is 14.8. The van der Waals surface area contributed by atoms with Crippen LogP contribution < -0.4 is 5.73 Å². The highest BCUT2D eigenvalue weighted by Gasteiger charge is 2.19. The number of halogens is 3. The maximum absolute atomic E-state index is 5.99. The minimum absolute atomic E-state index is 0.377. The van der Waals surface area contributed by atoms with Gasteiger partial charge in [-0.2, -0.15) is 0 Å². The lowest BCUT2D eigenvalue weighted by atomic mass is 10.0. The molecule has 3 nitrogen and oxygen atoms in total. The summed E-state index contributed by atoms with van der Waals surface area (Å²) < 4.78 is 8.35. The standard InChI is InChI=1S/C15H9Br3N2O/c16-9-3-1-8(2-4-9)13-14(21-20-15(13)19)11-6-5-10(17)7-12(11)18/h1-7H,(H2,19,20). The lowest BCUT2D eigenvalue weighted by Crippen LogP contribution is -1.89. The molecule has 3 aromatic rings. The van der Waals surface area contributed by atoms with Gasteiger partial charge in [0.15, 0.2) is 11.6 Å². The zero-order chi connectivity index (χ0) is 15.0. The number of hydrogen-bond acceptors (Lipinski definition) is 3. The van der Waals surface area contributed by atoms with Crippen LogP contribution in [0, 0.1) is 0 Å². The fourth-order valence-electron chi connectivity index (χ4n) is 2.06. The summed E-state index contributed by atoms with van der Waals surface area (Å²) in [5.74, 6) is 1.02. The van der Waals surface area contributed by atoms with Crippen molar-refractivity contribution in [1.29, 1.82) is 0 Å². The van der Waals surface area contributed by atoms with E-state index >= 15 is 0 Å². The first-order valence-electron chi connectivity index (χ1n) is 6.03. The third kappa shape index (κ3) is 2.93. The zero-order valence-electron chi connectivity index (χ0n) is 10.6. The molecule has 0 bridgehead atoms. The van der Waals surface area contributed by atoms with Gasteiger partial charge in [-0.05, 0) is 51.8 Å². The normalized spacial score (nSPS) is 10.8. The highest BCUT2D eigenvalue weighted by Crippen LogP contribution is 2.40. The first-order chi connectivity index (χ1) is 10.1. The third-order valence-corrected chi connectivity index (χ3v) is 4.71. The van der Waals surface area contributed by atoms with E-state index in [1.807, 2.05) is 42.5 Å². The van der Waals surface area contributed by atoms with Crippen LogP contribution in [-0.2, 0) is 0 Å². The van der Waals surface area contributed by atoms with Crippen molar-refractivity contribution >= 4 is 53.6 Å². The molecule has 0 aliphatic heterocycles. The monoisotopic (exact) mass is 470 g/mol. The number of hydrogen-bond donors (Lipinski definition) is 1. The quantitative estimate of drug-likeness (QED) is 0.507. The SMILES string of the molecule is Nc1noc(-c2ccc(Br)cc2Br)c1-c1ccc(Br)cc1. The molecule has 0 unspecified atom stereocenters. The van der Waals surface area contributed by atoms with E-state index < -0.39 is 0 Å². The van der Waals surface area contributed by atoms with Crippen LogP contribution in [0.2, 0.25) is 0 Å². The molecule has 1 aromatic heterocycles. The summed E-state index contributed by atoms with van der Waals surface area (Å²) in [4.78, 5) is 0. The van der Waals surface area contributed by atoms with Gasteiger partial charge in [0.1, 0.15) is 0 Å². The van der Waals surface area contributed by atoms with Gasteiger partial charge in [0.25, 0.3) is 0 Å². The lowest BCUT2D eigenvalue weighted by Gasteiger charge is -2.05. The van der Waals surface area contributed by atoms with Crippen LogP contribution in [0.15, 0.2) is 60.4 Å². The van der Waals surface area contributed by atoms with E-state index in [4.69, 9.17) is 10.3 Å². The fourth-order valence-corrected chi connectivity index (χ4v) is 3.55. The van der Waals surface area contributed by atoms with Crippen LogP contribution in [0.25, 0.3) is 22.5 Å². The number of rotatable bonds is 2. The van der Waals surface area contributed by atoms with Crippen molar-refractivity contribution in [3.8, 4) is 22.5 Å². The highest BCUT2D eigenvalue weighted by atomic mass is 79.9. The van der Waals surface area contributed by atoms with Crippen molar-refractivity contribution in [2.24, 2.45) is 0 Å². The van der Waals surface area contributed by atoms with Gasteiger partial charge >= 0.3 is 0 Å². The molecule has 0 amide bonds. The average Bonchev–Trinajstić information content (AvgIpc) is 2.82. The Labute approximate surface area is 146 Å². The van der Waals surface area contributed by atoms with E-state index in [0.717, 1.165) is 30.1 Å². The Morgan fingerprint density at radius 1 is 0.905 bits per heavy atom. The van der Waals surface area contributed by atoms with Gasteiger partial charge in [-0.25, -0.2) is 0 Å². The summed E-state index contributed by atoms with van der Waals surface area (Å²) in [6.45, 7) is 0. The topological polar surface area (TPSA) is 52.0 Å². The summed E-state index contributed by atoms with van der Waals surface area (Å²) >= 11 is 10.4. The molecule has 0 radical (unpaired) electrons. The predicted molar refractivity (Wildman–Crippen MR) is 94.9 cm³/mol. The highest BCUT2D eigenvalue weighted by molar-refractivity contribution is 9.11. The van der Waals surface area contributed by atoms with Gasteiger partial charge in [0.05, 0.1) is 5.56 Å². The number of aromatic nitrogens is 1. The summed E-state index contributed by atoms with van der Waals surface area (Å²) in [5.41, 5.74) is 8.65. The van der Waals surface area contributed by atoms with Crippen molar-refractivity contribution in [1.82, 2.24) is 5.16 Å². The number of anilines is 1. The Morgan fingerprint density at radius 2 is 1.57 bits per heavy atom. The molecule has 3 rings (SSSR count). The van der Waals surface area contributed by atoms with Gasteiger partial charge in [0.2, 0.25) is 0 Å². The summed E-state index contributed by atoms with van der Waals surface area (Å²) in [6, 6.07) is 13.7. The maximum Gasteiger partial charge on any atom is 0.178 e. The number of nitrogen functional groups attached to an aromatic ring is 1. The minimum atomic E-state index is 0.377. The van der Waals surface area contributed by atoms with Crippen LogP contribution in [0.1, 0.15) is 0 Å². The Bertz CT molecular complexity index is 797. The fraction of sp³-hybridized carbons (Fsp3) is 0. The van der Waals surface area contributed by atoms with E-state index in [1.54, 1.807) is 0 Å². The lowest BCUT2D eigenvalue weighted by molar-refractivity contribution is 0.436. The Kier molecular flexibility index (Phi) is 4.19. The van der Waals surface area contributed by atoms with E-state index in [0.29, 0.717) is 11.6 Å². The van der Waals surface area contributed by atoms with Crippen LogP contribution in [0.4, 0.5) is 5.82 Å². The number of nitrogens with zero attached hydrogens (tertiary/aromatic N) is 1. The maximum atomic E-state index is 5.99. The molecule has 0 aliphatic carbocycles. The van der Waals surface area contributed by atoms with Gasteiger partial charge in [-0.3, -0.25) is 0 Å². The van der Waals surface area contributed by atoms with Crippen molar-refractivity contribution in [3.63, 3.8) is 0 Å². The van der Waals surface area contributed by atoms with Crippen LogP contribution in [0.5, 0.6) is 0 Å². The smallest absolute Gasteiger partial charge is 0.178 e. The van der Waals surface area contributed by atoms with Gasteiger partial charge in [0, 0.05) is 19.0 Å². The first-order valence-corrected chi connectivity index (χ1v) is 8.40. The molecule has 6 heteroatoms. The molecular formula is C15H9Br3N2O. The largest absolute Gasteiger partial charge is 0.380 e. The summed E-state index contributed by atoms with van der Waals surface area (Å²) in [6.07, 6.45) is 0. The van der Waals surface area contributed by atoms with E-state index in [-0.39, 0.29) is 0 Å². The van der Waals surface area contributed by atoms with Gasteiger partial charge in [-0.15, -0.1) is 0 Å². The molecule has 2 N–H and O–H groups in total. The zero-order valence-corrected chi connectivity index (χ0v) is 15.4. The Hall–Kier alpha value is -1.11. The van der Waals surface area contributed by atoms with E-state index in [1.165, 1.54) is 0 Å². The second-order valence-corrected chi connectivity index (χ2v) is 7.09. The van der Waals surface area contributed by atoms with Crippen molar-refractivity contribution in [2.45, 2.75) is 0 Å². The van der Waals surface area contributed by atoms with Gasteiger partial charge < -0.3 is 10.3 Å². The number of nitrogens with two attached hydrogens (primary N) is 1.